The number of hydrogen-bond donors (Lipinski definition) is 3. The molecule has 2 saturated heterocycles. The first kappa shape index (κ1) is 11.6. The minimum Gasteiger partial charge on any atom is -0.342 e. The normalized spacial score (nSPS) is 31.8. The first-order chi connectivity index (χ1) is 7.70. The number of carbonyl (C=O) groups is 2. The molecule has 0 aliphatic carbocycles. The standard InChI is InChI=1S/C10H17N3O2S/c1-2-3-4-7(14)12-9-8-6(5-16-9)11-10(15)13-8/h6,8-9H,2-5H2,1H3,(H,12,14)(H2,11,13,15). The number of amides is 3. The van der Waals surface area contributed by atoms with Crippen molar-refractivity contribution in [2.24, 2.45) is 0 Å². The number of thioether (sulfide) groups is 1. The third-order valence-electron chi connectivity index (χ3n) is 2.89. The fourth-order valence-corrected chi connectivity index (χ4v) is 3.38. The molecule has 3 unspecified atom stereocenters. The molecule has 90 valence electrons. The Balaban J connectivity index is 1.82. The summed E-state index contributed by atoms with van der Waals surface area (Å²) in [4.78, 5) is 22.7. The van der Waals surface area contributed by atoms with E-state index < -0.39 is 0 Å². The Morgan fingerprint density at radius 3 is 3.12 bits per heavy atom. The first-order valence-corrected chi connectivity index (χ1v) is 6.73. The van der Waals surface area contributed by atoms with E-state index in [4.69, 9.17) is 0 Å². The van der Waals surface area contributed by atoms with Gasteiger partial charge in [-0.05, 0) is 6.42 Å². The number of carbonyl (C=O) groups excluding carboxylic acids is 2. The van der Waals surface area contributed by atoms with Crippen molar-refractivity contribution in [2.75, 3.05) is 5.75 Å². The fraction of sp³-hybridized carbons (Fsp3) is 0.800. The van der Waals surface area contributed by atoms with Gasteiger partial charge < -0.3 is 16.0 Å². The summed E-state index contributed by atoms with van der Waals surface area (Å²) in [5.74, 6) is 0.948. The molecule has 2 aliphatic rings. The van der Waals surface area contributed by atoms with Crippen LogP contribution in [0.15, 0.2) is 0 Å². The lowest BCUT2D eigenvalue weighted by atomic mass is 10.1. The van der Waals surface area contributed by atoms with Crippen LogP contribution >= 0.6 is 11.8 Å². The fourth-order valence-electron chi connectivity index (χ4n) is 1.99. The van der Waals surface area contributed by atoms with E-state index in [2.05, 4.69) is 22.9 Å². The third kappa shape index (κ3) is 2.42. The number of unbranched alkanes of at least 4 members (excludes halogenated alkanes) is 1. The second-order valence-corrected chi connectivity index (χ2v) is 5.35. The molecule has 2 aliphatic heterocycles. The van der Waals surface area contributed by atoms with Crippen LogP contribution in [0, 0.1) is 0 Å². The molecule has 0 bridgehead atoms. The van der Waals surface area contributed by atoms with E-state index in [0.717, 1.165) is 18.6 Å². The molecule has 0 aromatic rings. The molecule has 0 spiro atoms. The van der Waals surface area contributed by atoms with Crippen molar-refractivity contribution in [1.82, 2.24) is 16.0 Å². The number of rotatable bonds is 4. The average molecular weight is 243 g/mol. The van der Waals surface area contributed by atoms with E-state index in [9.17, 15) is 9.59 Å². The monoisotopic (exact) mass is 243 g/mol. The van der Waals surface area contributed by atoms with E-state index in [1.807, 2.05) is 0 Å². The van der Waals surface area contributed by atoms with Crippen molar-refractivity contribution >= 4 is 23.7 Å². The molecule has 2 heterocycles. The van der Waals surface area contributed by atoms with E-state index >= 15 is 0 Å². The average Bonchev–Trinajstić information content (AvgIpc) is 2.76. The third-order valence-corrected chi connectivity index (χ3v) is 4.21. The highest BCUT2D eigenvalue weighted by Gasteiger charge is 2.43. The van der Waals surface area contributed by atoms with Gasteiger partial charge in [0.2, 0.25) is 5.91 Å². The van der Waals surface area contributed by atoms with Gasteiger partial charge in [-0.15, -0.1) is 11.8 Å². The molecule has 3 amide bonds. The molecule has 0 saturated carbocycles. The molecule has 3 atom stereocenters. The topological polar surface area (TPSA) is 70.2 Å². The Labute approximate surface area is 99.1 Å². The van der Waals surface area contributed by atoms with E-state index in [-0.39, 0.29) is 29.4 Å². The first-order valence-electron chi connectivity index (χ1n) is 5.68. The lowest BCUT2D eigenvalue weighted by Gasteiger charge is -2.18. The van der Waals surface area contributed by atoms with Gasteiger partial charge in [-0.3, -0.25) is 4.79 Å². The Morgan fingerprint density at radius 1 is 1.56 bits per heavy atom. The highest BCUT2D eigenvalue weighted by molar-refractivity contribution is 8.00. The highest BCUT2D eigenvalue weighted by atomic mass is 32.2. The highest BCUT2D eigenvalue weighted by Crippen LogP contribution is 2.27. The summed E-state index contributed by atoms with van der Waals surface area (Å²) in [6, 6.07) is 0.0835. The van der Waals surface area contributed by atoms with E-state index in [1.54, 1.807) is 11.8 Å². The van der Waals surface area contributed by atoms with Gasteiger partial charge in [0.1, 0.15) is 0 Å². The number of nitrogens with one attached hydrogen (secondary N) is 3. The molecule has 0 aromatic heterocycles. The minimum atomic E-state index is -0.122. The lowest BCUT2D eigenvalue weighted by molar-refractivity contribution is -0.121. The Morgan fingerprint density at radius 2 is 2.38 bits per heavy atom. The summed E-state index contributed by atoms with van der Waals surface area (Å²) in [5, 5.41) is 8.68. The maximum absolute atomic E-state index is 11.6. The molecule has 5 nitrogen and oxygen atoms in total. The summed E-state index contributed by atoms with van der Waals surface area (Å²) >= 11 is 1.69. The molecule has 6 heteroatoms. The molecule has 16 heavy (non-hydrogen) atoms. The Bertz CT molecular complexity index is 298. The van der Waals surface area contributed by atoms with Crippen LogP contribution in [0.3, 0.4) is 0 Å². The molecular weight excluding hydrogens is 226 g/mol. The summed E-state index contributed by atoms with van der Waals surface area (Å²) in [7, 11) is 0. The van der Waals surface area contributed by atoms with Crippen molar-refractivity contribution in [3.8, 4) is 0 Å². The summed E-state index contributed by atoms with van der Waals surface area (Å²) in [6.45, 7) is 2.06. The summed E-state index contributed by atoms with van der Waals surface area (Å²) < 4.78 is 0. The Kier molecular flexibility index (Phi) is 3.58. The van der Waals surface area contributed by atoms with Crippen LogP contribution in [0.25, 0.3) is 0 Å². The van der Waals surface area contributed by atoms with Crippen LogP contribution in [0.5, 0.6) is 0 Å². The maximum Gasteiger partial charge on any atom is 0.315 e. The van der Waals surface area contributed by atoms with Gasteiger partial charge in [0.15, 0.2) is 0 Å². The summed E-state index contributed by atoms with van der Waals surface area (Å²) in [6.07, 6.45) is 2.52. The number of fused-ring (bicyclic) bond motifs is 1. The largest absolute Gasteiger partial charge is 0.342 e. The van der Waals surface area contributed by atoms with Crippen molar-refractivity contribution < 1.29 is 9.59 Å². The van der Waals surface area contributed by atoms with Gasteiger partial charge in [-0.2, -0.15) is 0 Å². The molecule has 0 radical (unpaired) electrons. The van der Waals surface area contributed by atoms with Gasteiger partial charge in [0, 0.05) is 12.2 Å². The summed E-state index contributed by atoms with van der Waals surface area (Å²) in [5.41, 5.74) is 0. The lowest BCUT2D eigenvalue weighted by Crippen LogP contribution is -2.46. The van der Waals surface area contributed by atoms with Crippen molar-refractivity contribution in [3.05, 3.63) is 0 Å². The van der Waals surface area contributed by atoms with E-state index in [1.165, 1.54) is 0 Å². The van der Waals surface area contributed by atoms with E-state index in [0.29, 0.717) is 6.42 Å². The zero-order valence-corrected chi connectivity index (χ0v) is 10.1. The zero-order chi connectivity index (χ0) is 11.5. The van der Waals surface area contributed by atoms with Crippen LogP contribution in [0.1, 0.15) is 26.2 Å². The SMILES string of the molecule is CCCCC(=O)NC1SCC2NC(=O)NC21. The number of urea groups is 1. The molecular formula is C10H17N3O2S. The molecule has 3 N–H and O–H groups in total. The number of hydrogen-bond acceptors (Lipinski definition) is 3. The van der Waals surface area contributed by atoms with Gasteiger partial charge in [-0.25, -0.2) is 4.79 Å². The molecule has 2 fully saturated rings. The van der Waals surface area contributed by atoms with Crippen LogP contribution in [-0.4, -0.2) is 35.1 Å². The van der Waals surface area contributed by atoms with Gasteiger partial charge in [0.25, 0.3) is 0 Å². The van der Waals surface area contributed by atoms with Gasteiger partial charge in [-0.1, -0.05) is 13.3 Å². The van der Waals surface area contributed by atoms with Crippen molar-refractivity contribution in [3.63, 3.8) is 0 Å². The molecule has 0 aromatic carbocycles. The Hall–Kier alpha value is -0.910. The second-order valence-electron chi connectivity index (χ2n) is 4.18. The quantitative estimate of drug-likeness (QED) is 0.627. The second kappa shape index (κ2) is 4.95. The predicted octanol–water partition coefficient (Wildman–Crippen LogP) is 0.416. The van der Waals surface area contributed by atoms with Crippen LogP contribution in [0.4, 0.5) is 4.79 Å². The van der Waals surface area contributed by atoms with Crippen LogP contribution in [0.2, 0.25) is 0 Å². The maximum atomic E-state index is 11.6. The molecule has 2 rings (SSSR count). The smallest absolute Gasteiger partial charge is 0.315 e. The van der Waals surface area contributed by atoms with Crippen LogP contribution in [-0.2, 0) is 4.79 Å². The van der Waals surface area contributed by atoms with Gasteiger partial charge in [0.05, 0.1) is 17.5 Å². The zero-order valence-electron chi connectivity index (χ0n) is 9.29. The minimum absolute atomic E-state index is 0.0216. The van der Waals surface area contributed by atoms with Crippen molar-refractivity contribution in [2.45, 2.75) is 43.6 Å². The van der Waals surface area contributed by atoms with Gasteiger partial charge >= 0.3 is 6.03 Å². The predicted molar refractivity (Wildman–Crippen MR) is 63.2 cm³/mol. The van der Waals surface area contributed by atoms with Crippen LogP contribution < -0.4 is 16.0 Å². The van der Waals surface area contributed by atoms with Crippen molar-refractivity contribution in [1.29, 1.82) is 0 Å².